The predicted octanol–water partition coefficient (Wildman–Crippen LogP) is 4.73. The molecule has 2 N–H and O–H groups in total. The van der Waals surface area contributed by atoms with Crippen LogP contribution >= 0.6 is 0 Å². The summed E-state index contributed by atoms with van der Waals surface area (Å²) in [5.41, 5.74) is 1.92. The second kappa shape index (κ2) is 9.25. The summed E-state index contributed by atoms with van der Waals surface area (Å²) >= 11 is 0. The van der Waals surface area contributed by atoms with Crippen LogP contribution in [0.15, 0.2) is 48.5 Å². The second-order valence-electron chi connectivity index (χ2n) is 6.69. The molecular formula is C21H26N2O3. The number of hydrogen-bond donors (Lipinski definition) is 2. The van der Waals surface area contributed by atoms with E-state index in [1.54, 1.807) is 0 Å². The fourth-order valence-electron chi connectivity index (χ4n) is 2.43. The molecule has 0 unspecified atom stereocenters. The number of carbonyl (C=O) groups excluding carboxylic acids is 1. The Morgan fingerprint density at radius 3 is 2.35 bits per heavy atom. The molecule has 0 saturated heterocycles. The van der Waals surface area contributed by atoms with E-state index in [1.807, 2.05) is 55.5 Å². The first-order chi connectivity index (χ1) is 12.7. The van der Waals surface area contributed by atoms with Gasteiger partial charge in [0.25, 0.3) is 0 Å². The fraction of sp³-hybridized carbons (Fsp3) is 0.381. The van der Waals surface area contributed by atoms with Crippen molar-refractivity contribution in [2.24, 2.45) is 5.92 Å². The van der Waals surface area contributed by atoms with Crippen molar-refractivity contribution in [3.8, 4) is 11.5 Å². The van der Waals surface area contributed by atoms with Gasteiger partial charge in [-0.3, -0.25) is 0 Å². The Balaban J connectivity index is 1.34. The molecule has 5 heteroatoms. The Kier molecular flexibility index (Phi) is 6.50. The predicted molar refractivity (Wildman–Crippen MR) is 103 cm³/mol. The van der Waals surface area contributed by atoms with E-state index in [-0.39, 0.29) is 6.03 Å². The highest BCUT2D eigenvalue weighted by Gasteiger charge is 2.20. The minimum Gasteiger partial charge on any atom is -0.457 e. The molecule has 1 aliphatic rings. The first-order valence-electron chi connectivity index (χ1n) is 9.16. The van der Waals surface area contributed by atoms with Crippen LogP contribution in [-0.4, -0.2) is 25.8 Å². The zero-order valence-electron chi connectivity index (χ0n) is 15.2. The quantitative estimate of drug-likeness (QED) is 0.640. The van der Waals surface area contributed by atoms with Crippen LogP contribution < -0.4 is 15.4 Å². The number of rotatable bonds is 9. The summed E-state index contributed by atoms with van der Waals surface area (Å²) < 4.78 is 11.3. The molecule has 0 spiro atoms. The molecule has 5 nitrogen and oxygen atoms in total. The summed E-state index contributed by atoms with van der Waals surface area (Å²) in [6, 6.07) is 15.0. The maximum absolute atomic E-state index is 11.9. The van der Waals surface area contributed by atoms with Crippen LogP contribution in [0.1, 0.15) is 24.8 Å². The standard InChI is InChI=1S/C21H26N2O3/c1-16-3-9-19(10-4-16)26-20-11-7-18(8-12-20)23-21(24)22-13-2-14-25-15-17-5-6-17/h3-4,7-12,17H,2,5-6,13-15H2,1H3,(H2,22,23,24). The maximum atomic E-state index is 11.9. The van der Waals surface area contributed by atoms with Gasteiger partial charge in [-0.15, -0.1) is 0 Å². The van der Waals surface area contributed by atoms with Gasteiger partial charge in [0, 0.05) is 25.4 Å². The number of benzene rings is 2. The van der Waals surface area contributed by atoms with Gasteiger partial charge in [-0.05, 0) is 68.5 Å². The van der Waals surface area contributed by atoms with Crippen LogP contribution in [0.5, 0.6) is 11.5 Å². The molecule has 1 fully saturated rings. The lowest BCUT2D eigenvalue weighted by atomic mass is 10.2. The third kappa shape index (κ3) is 6.41. The van der Waals surface area contributed by atoms with Crippen molar-refractivity contribution in [3.63, 3.8) is 0 Å². The Hall–Kier alpha value is -2.53. The minimum atomic E-state index is -0.209. The lowest BCUT2D eigenvalue weighted by Crippen LogP contribution is -2.30. The summed E-state index contributed by atoms with van der Waals surface area (Å²) in [6.07, 6.45) is 3.43. The smallest absolute Gasteiger partial charge is 0.319 e. The van der Waals surface area contributed by atoms with Crippen LogP contribution in [-0.2, 0) is 4.74 Å². The third-order valence-electron chi connectivity index (χ3n) is 4.17. The summed E-state index contributed by atoms with van der Waals surface area (Å²) in [5, 5.41) is 5.65. The molecule has 0 atom stereocenters. The van der Waals surface area contributed by atoms with Crippen molar-refractivity contribution in [1.82, 2.24) is 5.32 Å². The van der Waals surface area contributed by atoms with E-state index in [0.717, 1.165) is 36.1 Å². The Bertz CT molecular complexity index is 694. The summed E-state index contributed by atoms with van der Waals surface area (Å²) in [6.45, 7) is 4.20. The third-order valence-corrected chi connectivity index (χ3v) is 4.17. The first kappa shape index (κ1) is 18.3. The van der Waals surface area contributed by atoms with Crippen LogP contribution in [0, 0.1) is 12.8 Å². The number of carbonyl (C=O) groups is 1. The molecule has 3 rings (SSSR count). The van der Waals surface area contributed by atoms with E-state index in [2.05, 4.69) is 10.6 Å². The number of anilines is 1. The molecule has 0 bridgehead atoms. The van der Waals surface area contributed by atoms with Gasteiger partial charge in [0.05, 0.1) is 0 Å². The molecule has 0 aromatic heterocycles. The largest absolute Gasteiger partial charge is 0.457 e. The van der Waals surface area contributed by atoms with E-state index in [4.69, 9.17) is 9.47 Å². The van der Waals surface area contributed by atoms with Crippen LogP contribution in [0.2, 0.25) is 0 Å². The molecule has 2 amide bonds. The summed E-state index contributed by atoms with van der Waals surface area (Å²) in [5.74, 6) is 2.30. The van der Waals surface area contributed by atoms with Gasteiger partial charge in [-0.1, -0.05) is 17.7 Å². The number of amides is 2. The topological polar surface area (TPSA) is 59.6 Å². The van der Waals surface area contributed by atoms with Crippen molar-refractivity contribution in [2.45, 2.75) is 26.2 Å². The van der Waals surface area contributed by atoms with Crippen molar-refractivity contribution in [1.29, 1.82) is 0 Å². The second-order valence-corrected chi connectivity index (χ2v) is 6.69. The lowest BCUT2D eigenvalue weighted by molar-refractivity contribution is 0.122. The SMILES string of the molecule is Cc1ccc(Oc2ccc(NC(=O)NCCCOCC3CC3)cc2)cc1. The van der Waals surface area contributed by atoms with Gasteiger partial charge < -0.3 is 20.1 Å². The summed E-state index contributed by atoms with van der Waals surface area (Å²) in [7, 11) is 0. The van der Waals surface area contributed by atoms with E-state index < -0.39 is 0 Å². The van der Waals surface area contributed by atoms with E-state index in [9.17, 15) is 4.79 Å². The number of ether oxygens (including phenoxy) is 2. The average Bonchev–Trinajstić information content (AvgIpc) is 3.46. The van der Waals surface area contributed by atoms with Crippen molar-refractivity contribution in [3.05, 3.63) is 54.1 Å². The Labute approximate surface area is 154 Å². The number of urea groups is 1. The van der Waals surface area contributed by atoms with Gasteiger partial charge >= 0.3 is 6.03 Å². The fourth-order valence-corrected chi connectivity index (χ4v) is 2.43. The monoisotopic (exact) mass is 354 g/mol. The molecule has 26 heavy (non-hydrogen) atoms. The average molecular weight is 354 g/mol. The first-order valence-corrected chi connectivity index (χ1v) is 9.16. The molecule has 2 aromatic carbocycles. The van der Waals surface area contributed by atoms with Crippen LogP contribution in [0.3, 0.4) is 0 Å². The number of aryl methyl sites for hydroxylation is 1. The maximum Gasteiger partial charge on any atom is 0.319 e. The molecule has 0 radical (unpaired) electrons. The van der Waals surface area contributed by atoms with Gasteiger partial charge in [0.2, 0.25) is 0 Å². The van der Waals surface area contributed by atoms with Crippen molar-refractivity contribution >= 4 is 11.7 Å². The van der Waals surface area contributed by atoms with Crippen LogP contribution in [0.4, 0.5) is 10.5 Å². The van der Waals surface area contributed by atoms with E-state index >= 15 is 0 Å². The van der Waals surface area contributed by atoms with Gasteiger partial charge in [0.15, 0.2) is 0 Å². The zero-order chi connectivity index (χ0) is 18.2. The van der Waals surface area contributed by atoms with Gasteiger partial charge in [0.1, 0.15) is 11.5 Å². The molecule has 138 valence electrons. The van der Waals surface area contributed by atoms with E-state index in [1.165, 1.54) is 18.4 Å². The molecule has 0 heterocycles. The summed E-state index contributed by atoms with van der Waals surface area (Å²) in [4.78, 5) is 11.9. The molecule has 1 saturated carbocycles. The highest BCUT2D eigenvalue weighted by molar-refractivity contribution is 5.89. The van der Waals surface area contributed by atoms with E-state index in [0.29, 0.717) is 13.2 Å². The highest BCUT2D eigenvalue weighted by atomic mass is 16.5. The van der Waals surface area contributed by atoms with Crippen LogP contribution in [0.25, 0.3) is 0 Å². The number of hydrogen-bond acceptors (Lipinski definition) is 3. The van der Waals surface area contributed by atoms with Gasteiger partial charge in [-0.2, -0.15) is 0 Å². The number of nitrogens with one attached hydrogen (secondary N) is 2. The lowest BCUT2D eigenvalue weighted by Gasteiger charge is -2.09. The van der Waals surface area contributed by atoms with Crippen molar-refractivity contribution in [2.75, 3.05) is 25.1 Å². The normalized spacial score (nSPS) is 13.3. The molecule has 2 aromatic rings. The van der Waals surface area contributed by atoms with Gasteiger partial charge in [-0.25, -0.2) is 4.79 Å². The zero-order valence-corrected chi connectivity index (χ0v) is 15.2. The molecular weight excluding hydrogens is 328 g/mol. The Morgan fingerprint density at radius 2 is 1.69 bits per heavy atom. The van der Waals surface area contributed by atoms with Crippen molar-refractivity contribution < 1.29 is 14.3 Å². The molecule has 0 aliphatic heterocycles. The molecule has 1 aliphatic carbocycles. The minimum absolute atomic E-state index is 0.209. The highest BCUT2D eigenvalue weighted by Crippen LogP contribution is 2.28. The Morgan fingerprint density at radius 1 is 1.04 bits per heavy atom.